The Morgan fingerprint density at radius 3 is 2.38 bits per heavy atom. The third-order valence-electron chi connectivity index (χ3n) is 2.98. The van der Waals surface area contributed by atoms with Crippen LogP contribution in [-0.2, 0) is 0 Å². The zero-order chi connectivity index (χ0) is 9.26. The predicted octanol–water partition coefficient (Wildman–Crippen LogP) is 2.73. The molecule has 1 aliphatic rings. The van der Waals surface area contributed by atoms with Crippen LogP contribution in [0.15, 0.2) is 24.3 Å². The van der Waals surface area contributed by atoms with Crippen LogP contribution in [0.2, 0.25) is 0 Å². The summed E-state index contributed by atoms with van der Waals surface area (Å²) in [4.78, 5) is 0. The van der Waals surface area contributed by atoms with Gasteiger partial charge in [0.2, 0.25) is 0 Å². The first-order valence-corrected chi connectivity index (χ1v) is 4.72. The Kier molecular flexibility index (Phi) is 2.21. The molecule has 1 aromatic rings. The van der Waals surface area contributed by atoms with Crippen molar-refractivity contribution in [1.82, 2.24) is 0 Å². The molecule has 0 radical (unpaired) electrons. The highest BCUT2D eigenvalue weighted by Gasteiger charge is 2.31. The molecule has 1 aliphatic carbocycles. The monoisotopic (exact) mass is 179 g/mol. The lowest BCUT2D eigenvalue weighted by Crippen LogP contribution is -2.25. The lowest BCUT2D eigenvalue weighted by Gasteiger charge is -2.35. The molecule has 13 heavy (non-hydrogen) atoms. The SMILES string of the molecule is Nc1ccc(C2CCC2CF)cc1. The van der Waals surface area contributed by atoms with Crippen LogP contribution in [0.4, 0.5) is 10.1 Å². The molecule has 0 amide bonds. The van der Waals surface area contributed by atoms with Crippen LogP contribution < -0.4 is 5.73 Å². The second kappa shape index (κ2) is 3.36. The average Bonchev–Trinajstić information content (AvgIpc) is 2.08. The molecule has 1 saturated carbocycles. The van der Waals surface area contributed by atoms with E-state index in [1.54, 1.807) is 0 Å². The molecule has 1 nitrogen and oxygen atoms in total. The first kappa shape index (κ1) is 8.54. The molecule has 1 fully saturated rings. The highest BCUT2D eigenvalue weighted by Crippen LogP contribution is 2.42. The number of nitrogens with two attached hydrogens (primary N) is 1. The van der Waals surface area contributed by atoms with Gasteiger partial charge in [0, 0.05) is 5.69 Å². The molecule has 1 aromatic carbocycles. The minimum Gasteiger partial charge on any atom is -0.399 e. The molecule has 0 aromatic heterocycles. The summed E-state index contributed by atoms with van der Waals surface area (Å²) >= 11 is 0. The maximum absolute atomic E-state index is 12.4. The molecule has 70 valence electrons. The van der Waals surface area contributed by atoms with Gasteiger partial charge >= 0.3 is 0 Å². The maximum atomic E-state index is 12.4. The molecule has 0 bridgehead atoms. The smallest absolute Gasteiger partial charge is 0.0928 e. The van der Waals surface area contributed by atoms with Crippen LogP contribution >= 0.6 is 0 Å². The molecule has 0 heterocycles. The molecule has 2 N–H and O–H groups in total. The van der Waals surface area contributed by atoms with E-state index in [-0.39, 0.29) is 12.6 Å². The minimum atomic E-state index is -0.185. The summed E-state index contributed by atoms with van der Waals surface area (Å²) in [5, 5.41) is 0. The summed E-state index contributed by atoms with van der Waals surface area (Å²) in [5.41, 5.74) is 7.60. The van der Waals surface area contributed by atoms with Crippen LogP contribution in [0, 0.1) is 5.92 Å². The van der Waals surface area contributed by atoms with Crippen molar-refractivity contribution in [3.05, 3.63) is 29.8 Å². The zero-order valence-corrected chi connectivity index (χ0v) is 7.54. The van der Waals surface area contributed by atoms with Gasteiger partial charge in [-0.15, -0.1) is 0 Å². The third-order valence-corrected chi connectivity index (χ3v) is 2.98. The van der Waals surface area contributed by atoms with Gasteiger partial charge in [-0.3, -0.25) is 4.39 Å². The number of halogens is 1. The van der Waals surface area contributed by atoms with Gasteiger partial charge in [0.05, 0.1) is 6.67 Å². The molecule has 0 spiro atoms. The van der Waals surface area contributed by atoms with Gasteiger partial charge in [-0.25, -0.2) is 0 Å². The van der Waals surface area contributed by atoms with Crippen LogP contribution in [0.25, 0.3) is 0 Å². The van der Waals surface area contributed by atoms with Gasteiger partial charge in [0.1, 0.15) is 0 Å². The fourth-order valence-electron chi connectivity index (χ4n) is 1.94. The highest BCUT2D eigenvalue weighted by molar-refractivity contribution is 5.40. The maximum Gasteiger partial charge on any atom is 0.0928 e. The quantitative estimate of drug-likeness (QED) is 0.694. The van der Waals surface area contributed by atoms with Crippen LogP contribution in [0.3, 0.4) is 0 Å². The molecular formula is C11H14FN. The predicted molar refractivity (Wildman–Crippen MR) is 52.3 cm³/mol. The number of benzene rings is 1. The lowest BCUT2D eigenvalue weighted by molar-refractivity contribution is 0.200. The summed E-state index contributed by atoms with van der Waals surface area (Å²) in [7, 11) is 0. The fourth-order valence-corrected chi connectivity index (χ4v) is 1.94. The van der Waals surface area contributed by atoms with E-state index in [0.717, 1.165) is 18.5 Å². The van der Waals surface area contributed by atoms with Crippen LogP contribution in [0.1, 0.15) is 24.3 Å². The number of hydrogen-bond donors (Lipinski definition) is 1. The summed E-state index contributed by atoms with van der Waals surface area (Å²) in [6.07, 6.45) is 2.16. The van der Waals surface area contributed by atoms with E-state index in [4.69, 9.17) is 5.73 Å². The summed E-state index contributed by atoms with van der Waals surface area (Å²) < 4.78 is 12.4. The molecule has 2 atom stereocenters. The van der Waals surface area contributed by atoms with Crippen molar-refractivity contribution in [3.63, 3.8) is 0 Å². The Bertz CT molecular complexity index is 279. The largest absolute Gasteiger partial charge is 0.399 e. The van der Waals surface area contributed by atoms with E-state index in [2.05, 4.69) is 0 Å². The first-order chi connectivity index (χ1) is 6.31. The van der Waals surface area contributed by atoms with Crippen molar-refractivity contribution in [3.8, 4) is 0 Å². The van der Waals surface area contributed by atoms with Crippen molar-refractivity contribution >= 4 is 5.69 Å². The highest BCUT2D eigenvalue weighted by atomic mass is 19.1. The standard InChI is InChI=1S/C11H14FN/c12-7-9-3-6-11(9)8-1-4-10(13)5-2-8/h1-2,4-5,9,11H,3,6-7,13H2. The van der Waals surface area contributed by atoms with E-state index in [9.17, 15) is 4.39 Å². The van der Waals surface area contributed by atoms with Gasteiger partial charge in [-0.2, -0.15) is 0 Å². The number of rotatable bonds is 2. The normalized spacial score (nSPS) is 26.8. The summed E-state index contributed by atoms with van der Waals surface area (Å²) in [5.74, 6) is 0.689. The lowest BCUT2D eigenvalue weighted by atomic mass is 9.71. The van der Waals surface area contributed by atoms with Gasteiger partial charge in [0.25, 0.3) is 0 Å². The molecule has 0 aliphatic heterocycles. The Morgan fingerprint density at radius 1 is 1.23 bits per heavy atom. The average molecular weight is 179 g/mol. The van der Waals surface area contributed by atoms with Crippen molar-refractivity contribution in [2.75, 3.05) is 12.4 Å². The number of anilines is 1. The second-order valence-electron chi connectivity index (χ2n) is 3.76. The Balaban J connectivity index is 2.12. The van der Waals surface area contributed by atoms with E-state index >= 15 is 0 Å². The first-order valence-electron chi connectivity index (χ1n) is 4.72. The Morgan fingerprint density at radius 2 is 1.92 bits per heavy atom. The van der Waals surface area contributed by atoms with Crippen LogP contribution in [-0.4, -0.2) is 6.67 Å². The van der Waals surface area contributed by atoms with E-state index < -0.39 is 0 Å². The summed E-state index contributed by atoms with van der Waals surface area (Å²) in [6.45, 7) is -0.185. The number of nitrogen functional groups attached to an aromatic ring is 1. The molecular weight excluding hydrogens is 165 g/mol. The minimum absolute atomic E-state index is 0.185. The van der Waals surface area contributed by atoms with E-state index in [1.807, 2.05) is 24.3 Å². The molecule has 2 rings (SSSR count). The Labute approximate surface area is 77.8 Å². The van der Waals surface area contributed by atoms with Gasteiger partial charge in [-0.1, -0.05) is 12.1 Å². The second-order valence-corrected chi connectivity index (χ2v) is 3.76. The zero-order valence-electron chi connectivity index (χ0n) is 7.54. The van der Waals surface area contributed by atoms with Crippen molar-refractivity contribution in [2.24, 2.45) is 5.92 Å². The van der Waals surface area contributed by atoms with Crippen molar-refractivity contribution in [1.29, 1.82) is 0 Å². The van der Waals surface area contributed by atoms with Gasteiger partial charge in [0.15, 0.2) is 0 Å². The van der Waals surface area contributed by atoms with Gasteiger partial charge < -0.3 is 5.73 Å². The van der Waals surface area contributed by atoms with E-state index in [0.29, 0.717) is 5.92 Å². The van der Waals surface area contributed by atoms with Crippen LogP contribution in [0.5, 0.6) is 0 Å². The Hall–Kier alpha value is -1.05. The number of hydrogen-bond acceptors (Lipinski definition) is 1. The third kappa shape index (κ3) is 1.53. The van der Waals surface area contributed by atoms with Crippen molar-refractivity contribution < 1.29 is 4.39 Å². The van der Waals surface area contributed by atoms with Crippen molar-refractivity contribution in [2.45, 2.75) is 18.8 Å². The van der Waals surface area contributed by atoms with E-state index in [1.165, 1.54) is 5.56 Å². The number of alkyl halides is 1. The summed E-state index contributed by atoms with van der Waals surface area (Å²) in [6, 6.07) is 7.82. The molecule has 2 heteroatoms. The topological polar surface area (TPSA) is 26.0 Å². The molecule has 0 saturated heterocycles. The fraction of sp³-hybridized carbons (Fsp3) is 0.455. The molecule has 2 unspecified atom stereocenters. The van der Waals surface area contributed by atoms with Gasteiger partial charge in [-0.05, 0) is 42.4 Å².